The molecule has 75 heavy (non-hydrogen) atoms. The second kappa shape index (κ2) is 25.7. The first kappa shape index (κ1) is 58.1. The zero-order chi connectivity index (χ0) is 54.4. The fraction of sp³-hybridized carbons (Fsp3) is 0.582. The van der Waals surface area contributed by atoms with Crippen molar-refractivity contribution in [1.82, 2.24) is 29.7 Å². The lowest BCUT2D eigenvalue weighted by molar-refractivity contribution is -0.157. The molecule has 4 aliphatic rings. The summed E-state index contributed by atoms with van der Waals surface area (Å²) in [6.45, 7) is 14.1. The summed E-state index contributed by atoms with van der Waals surface area (Å²) in [5.74, 6) is -0.464. The summed E-state index contributed by atoms with van der Waals surface area (Å²) in [4.78, 5) is 64.3. The van der Waals surface area contributed by atoms with Gasteiger partial charge in [-0.25, -0.2) is 4.98 Å². The van der Waals surface area contributed by atoms with E-state index < -0.39 is 66.6 Å². The molecule has 0 aliphatic carbocycles. The van der Waals surface area contributed by atoms with Gasteiger partial charge in [0.05, 0.1) is 61.6 Å². The summed E-state index contributed by atoms with van der Waals surface area (Å²) >= 11 is 2.89. The number of carbonyl (C=O) groups excluding carboxylic acids is 3. The minimum absolute atomic E-state index is 0.0802. The Morgan fingerprint density at radius 3 is 1.99 bits per heavy atom. The lowest BCUT2D eigenvalue weighted by atomic mass is 9.84. The number of aryl methyl sites for hydroxylation is 3. The van der Waals surface area contributed by atoms with E-state index in [9.17, 15) is 40.2 Å². The van der Waals surface area contributed by atoms with E-state index in [4.69, 9.17) is 24.2 Å². The minimum atomic E-state index is -1.18. The SMILES string of the molecule is C=Cc1c(C)c2cc3nc(c(CC(=O)N(C)CCCS[C@H]4C[C@@H](O)[C@H](O)[C@@H](CO)O4)c4nc(cc5[nH]c(cc1[nH]2)c(C)c5CC)C(C)=C4C(=O)N(C)CCCS[C@H]1C[C@@H](O)[C@H](O)[C@@H](CO)O1)[C@@H](CCC(=O)OC)[C@@H]3C. The Morgan fingerprint density at radius 2 is 1.41 bits per heavy atom. The number of aromatic nitrogens is 4. The van der Waals surface area contributed by atoms with E-state index in [0.717, 1.165) is 50.0 Å². The highest BCUT2D eigenvalue weighted by molar-refractivity contribution is 7.99. The van der Waals surface area contributed by atoms with Gasteiger partial charge in [-0.1, -0.05) is 26.5 Å². The van der Waals surface area contributed by atoms with Gasteiger partial charge in [0.2, 0.25) is 5.91 Å². The molecule has 8 bridgehead atoms. The fourth-order valence-electron chi connectivity index (χ4n) is 10.6. The number of likely N-dealkylation sites (N-methyl/N-ethyl adjacent to an activating group) is 2. The number of ether oxygens (including phenoxy) is 3. The Morgan fingerprint density at radius 1 is 0.827 bits per heavy atom. The van der Waals surface area contributed by atoms with Crippen LogP contribution in [-0.2, 0) is 41.4 Å². The van der Waals surface area contributed by atoms with Crippen LogP contribution in [0.3, 0.4) is 0 Å². The van der Waals surface area contributed by atoms with Crippen molar-refractivity contribution >= 4 is 80.6 Å². The molecule has 3 aromatic heterocycles. The smallest absolute Gasteiger partial charge is 0.305 e. The van der Waals surface area contributed by atoms with E-state index >= 15 is 4.79 Å². The van der Waals surface area contributed by atoms with Crippen molar-refractivity contribution in [3.8, 4) is 0 Å². The van der Waals surface area contributed by atoms with Crippen LogP contribution in [0.2, 0.25) is 0 Å². The zero-order valence-electron chi connectivity index (χ0n) is 44.4. The van der Waals surface area contributed by atoms with Crippen molar-refractivity contribution in [1.29, 1.82) is 0 Å². The van der Waals surface area contributed by atoms with Crippen molar-refractivity contribution in [3.63, 3.8) is 0 Å². The third-order valence-electron chi connectivity index (χ3n) is 15.2. The zero-order valence-corrected chi connectivity index (χ0v) is 46.1. The van der Waals surface area contributed by atoms with Gasteiger partial charge in [-0.05, 0) is 98.4 Å². The number of allylic oxidation sites excluding steroid dienone is 1. The molecular weight excluding hydrogens is 1000 g/mol. The number of H-pyrrole nitrogens is 2. The van der Waals surface area contributed by atoms with Crippen LogP contribution in [0.25, 0.3) is 39.3 Å². The highest BCUT2D eigenvalue weighted by Gasteiger charge is 2.39. The predicted octanol–water partition coefficient (Wildman–Crippen LogP) is 5.27. The molecule has 3 aromatic rings. The lowest BCUT2D eigenvalue weighted by Gasteiger charge is -2.36. The molecule has 4 aliphatic heterocycles. The lowest BCUT2D eigenvalue weighted by Crippen LogP contribution is -2.49. The first-order chi connectivity index (χ1) is 35.8. The van der Waals surface area contributed by atoms with Gasteiger partial charge in [0, 0.05) is 97.2 Å². The van der Waals surface area contributed by atoms with E-state index in [-0.39, 0.29) is 49.4 Å². The quantitative estimate of drug-likeness (QED) is 0.0529. The summed E-state index contributed by atoms with van der Waals surface area (Å²) in [5.41, 5.74) is 10.2. The van der Waals surface area contributed by atoms with Gasteiger partial charge in [0.25, 0.3) is 5.91 Å². The maximum absolute atomic E-state index is 15.2. The van der Waals surface area contributed by atoms with Crippen molar-refractivity contribution in [2.45, 2.75) is 145 Å². The molecule has 0 spiro atoms. The van der Waals surface area contributed by atoms with E-state index in [0.29, 0.717) is 84.1 Å². The molecule has 2 saturated heterocycles. The number of carbonyl (C=O) groups is 3. The van der Waals surface area contributed by atoms with Gasteiger partial charge in [0.1, 0.15) is 35.3 Å². The molecular formula is C55H76N6O12S2. The number of nitrogens with one attached hydrogen (secondary N) is 2. The number of amides is 2. The van der Waals surface area contributed by atoms with Gasteiger partial charge in [-0.2, -0.15) is 0 Å². The van der Waals surface area contributed by atoms with E-state index in [1.807, 2.05) is 32.1 Å². The Bertz CT molecular complexity index is 2780. The van der Waals surface area contributed by atoms with Gasteiger partial charge >= 0.3 is 5.97 Å². The van der Waals surface area contributed by atoms with Crippen LogP contribution in [0.15, 0.2) is 24.8 Å². The topological polar surface area (TPSA) is 264 Å². The van der Waals surface area contributed by atoms with Crippen LogP contribution in [0.4, 0.5) is 0 Å². The van der Waals surface area contributed by atoms with Gasteiger partial charge < -0.3 is 64.6 Å². The van der Waals surface area contributed by atoms with Crippen LogP contribution in [-0.4, -0.2) is 185 Å². The number of esters is 1. The molecule has 0 unspecified atom stereocenters. The number of thioether (sulfide) groups is 2. The van der Waals surface area contributed by atoms with E-state index in [2.05, 4.69) is 43.4 Å². The number of hydrogen-bond donors (Lipinski definition) is 8. The van der Waals surface area contributed by atoms with E-state index in [1.165, 1.54) is 30.6 Å². The van der Waals surface area contributed by atoms with Crippen molar-refractivity contribution in [2.75, 3.05) is 59.0 Å². The van der Waals surface area contributed by atoms with Crippen LogP contribution < -0.4 is 0 Å². The van der Waals surface area contributed by atoms with Gasteiger partial charge in [0.15, 0.2) is 0 Å². The molecule has 18 nitrogen and oxygen atoms in total. The summed E-state index contributed by atoms with van der Waals surface area (Å²) in [5, 5.41) is 60.7. The van der Waals surface area contributed by atoms with Gasteiger partial charge in [-0.3, -0.25) is 19.4 Å². The molecule has 10 atom stereocenters. The normalized spacial score (nSPS) is 24.8. The van der Waals surface area contributed by atoms with Crippen LogP contribution >= 0.6 is 23.5 Å². The molecule has 410 valence electrons. The molecule has 20 heteroatoms. The number of methoxy groups -OCH3 is 1. The summed E-state index contributed by atoms with van der Waals surface area (Å²) in [7, 11) is 4.81. The highest BCUT2D eigenvalue weighted by atomic mass is 32.2. The Labute approximate surface area is 447 Å². The first-order valence-corrected chi connectivity index (χ1v) is 28.1. The third kappa shape index (κ3) is 12.9. The van der Waals surface area contributed by atoms with E-state index in [1.54, 1.807) is 23.9 Å². The number of rotatable bonds is 20. The Balaban J connectivity index is 1.34. The van der Waals surface area contributed by atoms with Crippen molar-refractivity contribution < 1.29 is 59.2 Å². The minimum Gasteiger partial charge on any atom is -0.469 e. The number of aliphatic hydroxyl groups excluding tert-OH is 6. The Kier molecular flexibility index (Phi) is 19.9. The molecule has 0 aromatic carbocycles. The summed E-state index contributed by atoms with van der Waals surface area (Å²) in [6, 6.07) is 6.08. The fourth-order valence-corrected chi connectivity index (χ4v) is 12.8. The molecule has 7 heterocycles. The maximum Gasteiger partial charge on any atom is 0.305 e. The average molecular weight is 1080 g/mol. The summed E-state index contributed by atoms with van der Waals surface area (Å²) in [6.07, 6.45) is -1.90. The van der Waals surface area contributed by atoms with Crippen molar-refractivity contribution in [2.24, 2.45) is 0 Å². The molecule has 2 amide bonds. The van der Waals surface area contributed by atoms with Crippen LogP contribution in [0, 0.1) is 13.8 Å². The number of hydrogen-bond acceptors (Lipinski definition) is 16. The second-order valence-corrected chi connectivity index (χ2v) is 22.7. The maximum atomic E-state index is 15.2. The molecule has 2 fully saturated rings. The second-order valence-electron chi connectivity index (χ2n) is 20.1. The molecule has 0 saturated carbocycles. The van der Waals surface area contributed by atoms with Crippen LogP contribution in [0.5, 0.6) is 0 Å². The molecule has 8 N–H and O–H groups in total. The highest BCUT2D eigenvalue weighted by Crippen LogP contribution is 2.44. The van der Waals surface area contributed by atoms with Gasteiger partial charge in [-0.15, -0.1) is 23.5 Å². The third-order valence-corrected chi connectivity index (χ3v) is 17.6. The molecule has 7 rings (SSSR count). The van der Waals surface area contributed by atoms with Crippen molar-refractivity contribution in [3.05, 3.63) is 75.4 Å². The number of nitrogens with zero attached hydrogens (tertiary/aromatic N) is 4. The number of fused-ring (bicyclic) bond motifs is 8. The predicted molar refractivity (Wildman–Crippen MR) is 293 cm³/mol. The number of aromatic amines is 2. The van der Waals surface area contributed by atoms with Crippen LogP contribution in [0.1, 0.15) is 122 Å². The first-order valence-electron chi connectivity index (χ1n) is 26.0. The molecule has 0 radical (unpaired) electrons. The Hall–Kier alpha value is -4.61. The summed E-state index contributed by atoms with van der Waals surface area (Å²) < 4.78 is 16.8. The largest absolute Gasteiger partial charge is 0.469 e. The standard InChI is InChI=1S/C55H76N6O12S2/c1-10-32-28(3)36-21-38-30(5)34(14-15-47(67)71-9)51(58-38)35(20-46(66)60(7)16-12-18-74-48-24-42(64)53(68)44(26-62)72-48)52-50(55(70)61(8)17-13-19-75-49-25-43(65)54(69)45(27-63)73-49)31(6)39(59-52)23-41-33(11-2)29(4)37(57-41)22-40(32)56-36/h10,21-23,30,34,42-45,48-49,53-54,56-57,62-65,68-69H,1,11-20,24-27H2,2-9H3/t30-,34-,42+,43+,44+,45+,48-,49-,53-,54-/m0/s1. The average Bonchev–Trinajstić information content (AvgIpc) is 4.08. The monoisotopic (exact) mass is 1080 g/mol. The number of aliphatic hydroxyl groups is 6.